The van der Waals surface area contributed by atoms with Gasteiger partial charge in [-0.3, -0.25) is 4.40 Å². The Morgan fingerprint density at radius 1 is 1.11 bits per heavy atom. The van der Waals surface area contributed by atoms with Crippen molar-refractivity contribution in [3.8, 4) is 0 Å². The molecule has 0 saturated carbocycles. The van der Waals surface area contributed by atoms with Crippen LogP contribution < -0.4 is 5.73 Å². The smallest absolute Gasteiger partial charge is 0.163 e. The van der Waals surface area contributed by atoms with Crippen molar-refractivity contribution < 1.29 is 0 Å². The monoisotopic (exact) mass is 239 g/mol. The maximum atomic E-state index is 5.89. The molecule has 0 spiro atoms. The van der Waals surface area contributed by atoms with Crippen molar-refractivity contribution in [3.05, 3.63) is 60.3 Å². The van der Waals surface area contributed by atoms with Crippen molar-refractivity contribution in [2.24, 2.45) is 5.73 Å². The Labute approximate surface area is 104 Å². The van der Waals surface area contributed by atoms with Crippen molar-refractivity contribution in [1.82, 2.24) is 19.6 Å². The molecule has 1 aromatic carbocycles. The second-order valence-corrected chi connectivity index (χ2v) is 4.07. The second-order valence-electron chi connectivity index (χ2n) is 4.07. The molecule has 2 heterocycles. The summed E-state index contributed by atoms with van der Waals surface area (Å²) in [6.45, 7) is 0.486. The molecule has 0 radical (unpaired) electrons. The highest BCUT2D eigenvalue weighted by Gasteiger charge is 2.18. The first-order chi connectivity index (χ1) is 8.90. The normalized spacial score (nSPS) is 12.7. The van der Waals surface area contributed by atoms with Crippen molar-refractivity contribution in [3.63, 3.8) is 0 Å². The zero-order valence-corrected chi connectivity index (χ0v) is 9.77. The van der Waals surface area contributed by atoms with Crippen molar-refractivity contribution in [2.75, 3.05) is 6.54 Å². The van der Waals surface area contributed by atoms with Gasteiger partial charge in [-0.1, -0.05) is 30.3 Å². The fourth-order valence-electron chi connectivity index (χ4n) is 2.08. The van der Waals surface area contributed by atoms with E-state index in [0.29, 0.717) is 6.54 Å². The standard InChI is InChI=1S/C13H13N5/c14-8-11(10-4-2-1-3-5-10)13-17-16-12-6-7-15-9-18(12)13/h1-7,9,11H,8,14H2. The summed E-state index contributed by atoms with van der Waals surface area (Å²) in [5.74, 6) is 0.859. The molecule has 0 aliphatic rings. The summed E-state index contributed by atoms with van der Waals surface area (Å²) in [4.78, 5) is 4.10. The highest BCUT2D eigenvalue weighted by Crippen LogP contribution is 2.21. The van der Waals surface area contributed by atoms with Gasteiger partial charge in [-0.15, -0.1) is 10.2 Å². The number of hydrogen-bond acceptors (Lipinski definition) is 4. The largest absolute Gasteiger partial charge is 0.329 e. The SMILES string of the molecule is NCC(c1ccccc1)c1nnc2ccncn12. The minimum atomic E-state index is 0.0328. The summed E-state index contributed by atoms with van der Waals surface area (Å²) >= 11 is 0. The molecule has 5 heteroatoms. The van der Waals surface area contributed by atoms with Crippen LogP contribution in [0.3, 0.4) is 0 Å². The van der Waals surface area contributed by atoms with Crippen molar-refractivity contribution in [1.29, 1.82) is 0 Å². The van der Waals surface area contributed by atoms with E-state index in [1.54, 1.807) is 12.5 Å². The Hall–Kier alpha value is -2.27. The maximum absolute atomic E-state index is 5.89. The highest BCUT2D eigenvalue weighted by molar-refractivity contribution is 5.38. The van der Waals surface area contributed by atoms with E-state index in [9.17, 15) is 0 Å². The van der Waals surface area contributed by atoms with Crippen LogP contribution in [0.2, 0.25) is 0 Å². The van der Waals surface area contributed by atoms with Crippen molar-refractivity contribution >= 4 is 5.65 Å². The van der Waals surface area contributed by atoms with E-state index >= 15 is 0 Å². The first kappa shape index (κ1) is 10.9. The zero-order chi connectivity index (χ0) is 12.4. The molecule has 3 rings (SSSR count). The van der Waals surface area contributed by atoms with Gasteiger partial charge in [-0.05, 0) is 5.56 Å². The predicted molar refractivity (Wildman–Crippen MR) is 68.1 cm³/mol. The summed E-state index contributed by atoms with van der Waals surface area (Å²) in [6, 6.07) is 11.9. The number of benzene rings is 1. The van der Waals surface area contributed by atoms with Gasteiger partial charge in [-0.25, -0.2) is 4.98 Å². The summed E-state index contributed by atoms with van der Waals surface area (Å²) in [5, 5.41) is 8.37. The summed E-state index contributed by atoms with van der Waals surface area (Å²) in [6.07, 6.45) is 3.42. The Balaban J connectivity index is 2.12. The minimum Gasteiger partial charge on any atom is -0.329 e. The molecule has 0 saturated heterocycles. The Morgan fingerprint density at radius 2 is 1.94 bits per heavy atom. The van der Waals surface area contributed by atoms with Crippen LogP contribution in [0.1, 0.15) is 17.3 Å². The molecule has 0 fully saturated rings. The van der Waals surface area contributed by atoms with Crippen LogP contribution in [-0.2, 0) is 0 Å². The van der Waals surface area contributed by atoms with Gasteiger partial charge in [0.1, 0.15) is 12.2 Å². The van der Waals surface area contributed by atoms with Gasteiger partial charge in [0.25, 0.3) is 0 Å². The van der Waals surface area contributed by atoms with Crippen LogP contribution in [0, 0.1) is 0 Å². The maximum Gasteiger partial charge on any atom is 0.163 e. The number of fused-ring (bicyclic) bond motifs is 1. The average molecular weight is 239 g/mol. The van der Waals surface area contributed by atoms with Gasteiger partial charge in [-0.2, -0.15) is 0 Å². The fourth-order valence-corrected chi connectivity index (χ4v) is 2.08. The number of rotatable bonds is 3. The van der Waals surface area contributed by atoms with Crippen LogP contribution in [-0.4, -0.2) is 26.1 Å². The van der Waals surface area contributed by atoms with Crippen molar-refractivity contribution in [2.45, 2.75) is 5.92 Å². The third kappa shape index (κ3) is 1.74. The zero-order valence-electron chi connectivity index (χ0n) is 9.77. The van der Waals surface area contributed by atoms with Crippen LogP contribution in [0.4, 0.5) is 0 Å². The van der Waals surface area contributed by atoms with E-state index in [1.807, 2.05) is 28.7 Å². The highest BCUT2D eigenvalue weighted by atomic mass is 15.3. The van der Waals surface area contributed by atoms with Gasteiger partial charge in [0.2, 0.25) is 0 Å². The lowest BCUT2D eigenvalue weighted by Gasteiger charge is -2.12. The fraction of sp³-hybridized carbons (Fsp3) is 0.154. The second kappa shape index (κ2) is 4.54. The molecule has 0 bridgehead atoms. The Kier molecular flexibility index (Phi) is 2.74. The van der Waals surface area contributed by atoms with E-state index in [1.165, 1.54) is 0 Å². The lowest BCUT2D eigenvalue weighted by atomic mass is 9.98. The lowest BCUT2D eigenvalue weighted by molar-refractivity contribution is 0.734. The molecule has 1 unspecified atom stereocenters. The Morgan fingerprint density at radius 3 is 2.72 bits per heavy atom. The summed E-state index contributed by atoms with van der Waals surface area (Å²) < 4.78 is 1.88. The quantitative estimate of drug-likeness (QED) is 0.746. The minimum absolute atomic E-state index is 0.0328. The first-order valence-corrected chi connectivity index (χ1v) is 5.80. The Bertz CT molecular complexity index is 647. The lowest BCUT2D eigenvalue weighted by Crippen LogP contribution is -2.16. The third-order valence-electron chi connectivity index (χ3n) is 2.99. The van der Waals surface area contributed by atoms with Crippen LogP contribution in [0.25, 0.3) is 5.65 Å². The average Bonchev–Trinajstić information content (AvgIpc) is 2.85. The molecular formula is C13H13N5. The summed E-state index contributed by atoms with van der Waals surface area (Å²) in [7, 11) is 0. The predicted octanol–water partition coefficient (Wildman–Crippen LogP) is 1.21. The molecule has 18 heavy (non-hydrogen) atoms. The van der Waals surface area contributed by atoms with Gasteiger partial charge < -0.3 is 5.73 Å². The molecule has 3 aromatic rings. The molecule has 5 nitrogen and oxygen atoms in total. The van der Waals surface area contributed by atoms with Gasteiger partial charge in [0.15, 0.2) is 5.65 Å². The molecule has 0 aliphatic heterocycles. The van der Waals surface area contributed by atoms with E-state index in [-0.39, 0.29) is 5.92 Å². The van der Waals surface area contributed by atoms with E-state index in [0.717, 1.165) is 17.0 Å². The van der Waals surface area contributed by atoms with Crippen LogP contribution in [0.15, 0.2) is 48.9 Å². The molecular weight excluding hydrogens is 226 g/mol. The summed E-state index contributed by atoms with van der Waals surface area (Å²) in [5.41, 5.74) is 7.81. The number of nitrogens with zero attached hydrogens (tertiary/aromatic N) is 4. The molecule has 0 amide bonds. The molecule has 2 N–H and O–H groups in total. The number of aromatic nitrogens is 4. The van der Waals surface area contributed by atoms with E-state index in [2.05, 4.69) is 27.3 Å². The molecule has 90 valence electrons. The number of hydrogen-bond donors (Lipinski definition) is 1. The van der Waals surface area contributed by atoms with E-state index < -0.39 is 0 Å². The van der Waals surface area contributed by atoms with Gasteiger partial charge in [0, 0.05) is 18.8 Å². The third-order valence-corrected chi connectivity index (χ3v) is 2.99. The topological polar surface area (TPSA) is 69.1 Å². The van der Waals surface area contributed by atoms with Crippen LogP contribution >= 0.6 is 0 Å². The van der Waals surface area contributed by atoms with E-state index in [4.69, 9.17) is 5.73 Å². The first-order valence-electron chi connectivity index (χ1n) is 5.80. The molecule has 1 atom stereocenters. The van der Waals surface area contributed by atoms with Gasteiger partial charge in [0.05, 0.1) is 5.92 Å². The number of nitrogens with two attached hydrogens (primary N) is 1. The molecule has 0 aliphatic carbocycles. The molecule has 2 aromatic heterocycles. The van der Waals surface area contributed by atoms with Gasteiger partial charge >= 0.3 is 0 Å². The van der Waals surface area contributed by atoms with Crippen LogP contribution in [0.5, 0.6) is 0 Å².